The van der Waals surface area contributed by atoms with E-state index in [1.165, 1.54) is 11.3 Å². The molecule has 0 spiro atoms. The summed E-state index contributed by atoms with van der Waals surface area (Å²) in [6.07, 6.45) is 1.86. The van der Waals surface area contributed by atoms with Gasteiger partial charge in [0.05, 0.1) is 11.0 Å². The molecule has 0 aliphatic carbocycles. The van der Waals surface area contributed by atoms with Gasteiger partial charge in [0.15, 0.2) is 0 Å². The predicted molar refractivity (Wildman–Crippen MR) is 82.9 cm³/mol. The van der Waals surface area contributed by atoms with Crippen molar-refractivity contribution in [2.75, 3.05) is 26.2 Å². The van der Waals surface area contributed by atoms with Crippen molar-refractivity contribution < 1.29 is 4.92 Å². The van der Waals surface area contributed by atoms with E-state index in [0.29, 0.717) is 0 Å². The van der Waals surface area contributed by atoms with Crippen LogP contribution < -0.4 is 5.32 Å². The first-order valence-electron chi connectivity index (χ1n) is 5.54. The Bertz CT molecular complexity index is 422. The van der Waals surface area contributed by atoms with Crippen LogP contribution in [0.4, 0.5) is 5.00 Å². The summed E-state index contributed by atoms with van der Waals surface area (Å²) >= 11 is 1.23. The summed E-state index contributed by atoms with van der Waals surface area (Å²) in [5.41, 5.74) is 0. The predicted octanol–water partition coefficient (Wildman–Crippen LogP) is 2.63. The zero-order valence-electron chi connectivity index (χ0n) is 10.3. The summed E-state index contributed by atoms with van der Waals surface area (Å²) in [5, 5.41) is 14.2. The molecular weight excluding hydrogens is 309 g/mol. The third-order valence-electron chi connectivity index (χ3n) is 2.85. The summed E-state index contributed by atoms with van der Waals surface area (Å²) < 4.78 is 0. The second-order valence-corrected chi connectivity index (χ2v) is 4.99. The topological polar surface area (TPSA) is 58.4 Å². The van der Waals surface area contributed by atoms with Crippen LogP contribution in [-0.4, -0.2) is 36.0 Å². The fourth-order valence-electron chi connectivity index (χ4n) is 2.00. The largest absolute Gasteiger partial charge is 0.324 e. The van der Waals surface area contributed by atoms with Crippen LogP contribution in [0.3, 0.4) is 0 Å². The van der Waals surface area contributed by atoms with Gasteiger partial charge in [-0.05, 0) is 6.07 Å². The van der Waals surface area contributed by atoms with Crippen LogP contribution >= 0.6 is 36.2 Å². The summed E-state index contributed by atoms with van der Waals surface area (Å²) in [6.45, 7) is 7.65. The highest BCUT2D eigenvalue weighted by molar-refractivity contribution is 7.15. The molecule has 1 fully saturated rings. The molecular formula is C11H17Cl2N3O2S. The average Bonchev–Trinajstić information content (AvgIpc) is 2.81. The van der Waals surface area contributed by atoms with Crippen LogP contribution in [0.1, 0.15) is 10.9 Å². The maximum atomic E-state index is 10.7. The van der Waals surface area contributed by atoms with Gasteiger partial charge in [-0.25, -0.2) is 0 Å². The highest BCUT2D eigenvalue weighted by Gasteiger charge is 2.22. The van der Waals surface area contributed by atoms with E-state index in [1.54, 1.807) is 6.07 Å². The molecule has 1 aromatic rings. The number of hydrogen-bond acceptors (Lipinski definition) is 5. The van der Waals surface area contributed by atoms with Crippen molar-refractivity contribution in [2.24, 2.45) is 0 Å². The standard InChI is InChI=1S/C11H15N3O2S.2ClH/c1-2-9(13-7-5-12-6-8-13)10-3-4-11(17-10)14(15)16;;/h2-4,9,12H,1,5-8H2;2*1H/t9-;;/m0../s1. The number of nitrogens with zero attached hydrogens (tertiary/aromatic N) is 2. The van der Waals surface area contributed by atoms with Crippen molar-refractivity contribution in [3.63, 3.8) is 0 Å². The van der Waals surface area contributed by atoms with Gasteiger partial charge in [-0.1, -0.05) is 17.4 Å². The van der Waals surface area contributed by atoms with E-state index < -0.39 is 0 Å². The third-order valence-corrected chi connectivity index (χ3v) is 3.96. The minimum Gasteiger partial charge on any atom is -0.314 e. The van der Waals surface area contributed by atoms with Crippen molar-refractivity contribution in [3.8, 4) is 0 Å². The summed E-state index contributed by atoms with van der Waals surface area (Å²) in [7, 11) is 0. The van der Waals surface area contributed by atoms with Gasteiger partial charge in [-0.2, -0.15) is 0 Å². The number of nitro groups is 1. The Labute approximate surface area is 128 Å². The molecule has 1 N–H and O–H groups in total. The van der Waals surface area contributed by atoms with E-state index in [2.05, 4.69) is 16.8 Å². The molecule has 0 amide bonds. The quantitative estimate of drug-likeness (QED) is 0.525. The third kappa shape index (κ3) is 4.43. The zero-order valence-corrected chi connectivity index (χ0v) is 12.7. The second kappa shape index (κ2) is 8.50. The lowest BCUT2D eigenvalue weighted by Gasteiger charge is -2.32. The number of piperazine rings is 1. The van der Waals surface area contributed by atoms with E-state index in [0.717, 1.165) is 31.1 Å². The Morgan fingerprint density at radius 1 is 1.42 bits per heavy atom. The van der Waals surface area contributed by atoms with Crippen molar-refractivity contribution in [2.45, 2.75) is 6.04 Å². The SMILES string of the molecule is C=C[C@@H](c1ccc([N+](=O)[O-])s1)N1CCNCC1.Cl.Cl. The Morgan fingerprint density at radius 2 is 2.05 bits per heavy atom. The molecule has 0 unspecified atom stereocenters. The van der Waals surface area contributed by atoms with Gasteiger partial charge in [-0.3, -0.25) is 15.0 Å². The minimum absolute atomic E-state index is 0. The van der Waals surface area contributed by atoms with Crippen molar-refractivity contribution in [3.05, 3.63) is 39.8 Å². The molecule has 2 heterocycles. The summed E-state index contributed by atoms with van der Waals surface area (Å²) in [4.78, 5) is 13.6. The summed E-state index contributed by atoms with van der Waals surface area (Å²) in [5.74, 6) is 0. The van der Waals surface area contributed by atoms with E-state index in [1.807, 2.05) is 12.1 Å². The Balaban J connectivity index is 0.00000162. The van der Waals surface area contributed by atoms with Gasteiger partial charge in [0, 0.05) is 37.1 Å². The molecule has 0 saturated carbocycles. The highest BCUT2D eigenvalue weighted by Crippen LogP contribution is 2.32. The molecule has 8 heteroatoms. The lowest BCUT2D eigenvalue weighted by Crippen LogP contribution is -2.44. The second-order valence-electron chi connectivity index (χ2n) is 3.90. The molecule has 1 aliphatic rings. The monoisotopic (exact) mass is 325 g/mol. The maximum absolute atomic E-state index is 10.7. The molecule has 19 heavy (non-hydrogen) atoms. The molecule has 0 aromatic carbocycles. The molecule has 108 valence electrons. The lowest BCUT2D eigenvalue weighted by molar-refractivity contribution is -0.380. The van der Waals surface area contributed by atoms with Gasteiger partial charge in [0.2, 0.25) is 0 Å². The molecule has 1 aliphatic heterocycles. The van der Waals surface area contributed by atoms with Crippen molar-refractivity contribution in [1.29, 1.82) is 0 Å². The van der Waals surface area contributed by atoms with Crippen molar-refractivity contribution in [1.82, 2.24) is 10.2 Å². The van der Waals surface area contributed by atoms with Gasteiger partial charge < -0.3 is 5.32 Å². The van der Waals surface area contributed by atoms with Gasteiger partial charge in [0.25, 0.3) is 0 Å². The van der Waals surface area contributed by atoms with Gasteiger partial charge in [0.1, 0.15) is 0 Å². The number of hydrogen-bond donors (Lipinski definition) is 1. The zero-order chi connectivity index (χ0) is 12.3. The average molecular weight is 326 g/mol. The van der Waals surface area contributed by atoms with Crippen LogP contribution in [0.2, 0.25) is 0 Å². The van der Waals surface area contributed by atoms with E-state index in [-0.39, 0.29) is 40.8 Å². The Kier molecular flexibility index (Phi) is 8.20. The molecule has 2 rings (SSSR count). The Morgan fingerprint density at radius 3 is 2.53 bits per heavy atom. The first-order chi connectivity index (χ1) is 8.22. The molecule has 1 aromatic heterocycles. The van der Waals surface area contributed by atoms with Gasteiger partial charge in [-0.15, -0.1) is 31.4 Å². The molecule has 0 bridgehead atoms. The van der Waals surface area contributed by atoms with Crippen molar-refractivity contribution >= 4 is 41.2 Å². The number of halogens is 2. The minimum atomic E-state index is -0.341. The first kappa shape index (κ1) is 18.3. The highest BCUT2D eigenvalue weighted by atomic mass is 35.5. The molecule has 1 atom stereocenters. The van der Waals surface area contributed by atoms with Crippen LogP contribution in [0.15, 0.2) is 24.8 Å². The Hall–Kier alpha value is -0.660. The molecule has 1 saturated heterocycles. The van der Waals surface area contributed by atoms with Gasteiger partial charge >= 0.3 is 5.00 Å². The smallest absolute Gasteiger partial charge is 0.314 e. The van der Waals surface area contributed by atoms with Crippen LogP contribution in [0, 0.1) is 10.1 Å². The van der Waals surface area contributed by atoms with Crippen LogP contribution in [0.5, 0.6) is 0 Å². The fourth-order valence-corrected chi connectivity index (χ4v) is 2.96. The fraction of sp³-hybridized carbons (Fsp3) is 0.455. The molecule has 0 radical (unpaired) electrons. The number of thiophene rings is 1. The van der Waals surface area contributed by atoms with E-state index in [4.69, 9.17) is 0 Å². The first-order valence-corrected chi connectivity index (χ1v) is 6.35. The normalized spacial score (nSPS) is 16.8. The number of rotatable bonds is 4. The van der Waals surface area contributed by atoms with E-state index in [9.17, 15) is 10.1 Å². The van der Waals surface area contributed by atoms with E-state index >= 15 is 0 Å². The summed E-state index contributed by atoms with van der Waals surface area (Å²) in [6, 6.07) is 3.49. The van der Waals surface area contributed by atoms with Crippen LogP contribution in [-0.2, 0) is 0 Å². The number of nitrogens with one attached hydrogen (secondary N) is 1. The van der Waals surface area contributed by atoms with Crippen LogP contribution in [0.25, 0.3) is 0 Å². The maximum Gasteiger partial charge on any atom is 0.324 e. The lowest BCUT2D eigenvalue weighted by atomic mass is 10.2. The molecule has 5 nitrogen and oxygen atoms in total.